The summed E-state index contributed by atoms with van der Waals surface area (Å²) in [6, 6.07) is 6.56. The first kappa shape index (κ1) is 22.9. The largest absolute Gasteiger partial charge is 0.489 e. The number of hydrogen-bond acceptors (Lipinski definition) is 5. The second kappa shape index (κ2) is 10.5. The van der Waals surface area contributed by atoms with Crippen LogP contribution >= 0.6 is 0 Å². The van der Waals surface area contributed by atoms with Crippen LogP contribution in [0, 0.1) is 11.7 Å². The van der Waals surface area contributed by atoms with Gasteiger partial charge in [0, 0.05) is 18.3 Å². The first-order chi connectivity index (χ1) is 14.9. The minimum atomic E-state index is -4.13. The lowest BCUT2D eigenvalue weighted by atomic mass is 9.90. The van der Waals surface area contributed by atoms with Crippen molar-refractivity contribution < 1.29 is 22.3 Å². The lowest BCUT2D eigenvalue weighted by molar-refractivity contribution is 0.102. The van der Waals surface area contributed by atoms with Gasteiger partial charge in [0.2, 0.25) is 10.0 Å². The lowest BCUT2D eigenvalue weighted by Gasteiger charge is -2.22. The van der Waals surface area contributed by atoms with Gasteiger partial charge in [-0.05, 0) is 49.1 Å². The summed E-state index contributed by atoms with van der Waals surface area (Å²) in [4.78, 5) is 16.3. The maximum atomic E-state index is 14.1. The highest BCUT2D eigenvalue weighted by atomic mass is 32.2. The fraction of sp³-hybridized carbons (Fsp3) is 0.364. The number of nitrogens with one attached hydrogen (secondary N) is 2. The maximum Gasteiger partial charge on any atom is 0.256 e. The number of carbonyl (C=O) groups is 1. The Bertz CT molecular complexity index is 1040. The molecule has 0 saturated heterocycles. The molecule has 2 N–H and O–H groups in total. The monoisotopic (exact) mass is 447 g/mol. The third-order valence-corrected chi connectivity index (χ3v) is 6.54. The third-order valence-electron chi connectivity index (χ3n) is 5.10. The SMILES string of the molecule is C=CCNS(=O)(=O)c1cc(C(=O)Nc2ncccc2OCC2CCCCC2)ccc1F. The summed E-state index contributed by atoms with van der Waals surface area (Å²) in [7, 11) is -4.13. The molecule has 0 bridgehead atoms. The Hall–Kier alpha value is -2.78. The summed E-state index contributed by atoms with van der Waals surface area (Å²) < 4.78 is 46.7. The highest BCUT2D eigenvalue weighted by molar-refractivity contribution is 7.89. The van der Waals surface area contributed by atoms with Crippen molar-refractivity contribution in [2.75, 3.05) is 18.5 Å². The van der Waals surface area contributed by atoms with E-state index in [4.69, 9.17) is 4.74 Å². The number of halogens is 1. The predicted molar refractivity (Wildman–Crippen MR) is 116 cm³/mol. The van der Waals surface area contributed by atoms with Crippen LogP contribution < -0.4 is 14.8 Å². The van der Waals surface area contributed by atoms with E-state index in [-0.39, 0.29) is 17.9 Å². The Kier molecular flexibility index (Phi) is 7.75. The van der Waals surface area contributed by atoms with Gasteiger partial charge in [-0.25, -0.2) is 22.5 Å². The normalized spacial score (nSPS) is 14.7. The number of hydrogen-bond donors (Lipinski definition) is 2. The van der Waals surface area contributed by atoms with E-state index < -0.39 is 26.6 Å². The Labute approximate surface area is 181 Å². The number of aromatic nitrogens is 1. The zero-order chi connectivity index (χ0) is 22.3. The topological polar surface area (TPSA) is 97.4 Å². The molecule has 3 rings (SSSR count). The molecule has 9 heteroatoms. The van der Waals surface area contributed by atoms with Crippen molar-refractivity contribution in [3.8, 4) is 5.75 Å². The van der Waals surface area contributed by atoms with Crippen LogP contribution in [0.15, 0.2) is 54.1 Å². The fourth-order valence-corrected chi connectivity index (χ4v) is 4.54. The summed E-state index contributed by atoms with van der Waals surface area (Å²) >= 11 is 0. The Morgan fingerprint density at radius 2 is 2.03 bits per heavy atom. The molecule has 0 unspecified atom stereocenters. The quantitative estimate of drug-likeness (QED) is 0.569. The molecule has 166 valence electrons. The van der Waals surface area contributed by atoms with Gasteiger partial charge in [-0.15, -0.1) is 6.58 Å². The molecule has 1 aliphatic carbocycles. The second-order valence-corrected chi connectivity index (χ2v) is 9.14. The molecule has 7 nitrogen and oxygen atoms in total. The molecule has 0 aliphatic heterocycles. The number of amides is 1. The third kappa shape index (κ3) is 6.11. The minimum Gasteiger partial charge on any atom is -0.489 e. The zero-order valence-electron chi connectivity index (χ0n) is 17.1. The van der Waals surface area contributed by atoms with E-state index in [0.29, 0.717) is 18.3 Å². The van der Waals surface area contributed by atoms with Crippen molar-refractivity contribution in [1.29, 1.82) is 0 Å². The van der Waals surface area contributed by atoms with E-state index in [2.05, 4.69) is 21.6 Å². The first-order valence-electron chi connectivity index (χ1n) is 10.2. The number of benzene rings is 1. The summed E-state index contributed by atoms with van der Waals surface area (Å²) in [6.07, 6.45) is 8.74. The predicted octanol–water partition coefficient (Wildman–Crippen LogP) is 3.90. The van der Waals surface area contributed by atoms with E-state index in [1.807, 2.05) is 0 Å². The number of nitrogens with zero attached hydrogens (tertiary/aromatic N) is 1. The number of anilines is 1. The average Bonchev–Trinajstić information content (AvgIpc) is 2.78. The average molecular weight is 448 g/mol. The number of rotatable bonds is 9. The van der Waals surface area contributed by atoms with Crippen LogP contribution in [0.1, 0.15) is 42.5 Å². The summed E-state index contributed by atoms with van der Waals surface area (Å²) in [5, 5.41) is 2.63. The Morgan fingerprint density at radius 3 is 2.77 bits per heavy atom. The van der Waals surface area contributed by atoms with E-state index in [9.17, 15) is 17.6 Å². The van der Waals surface area contributed by atoms with Gasteiger partial charge in [0.1, 0.15) is 10.7 Å². The molecule has 0 atom stereocenters. The molecular weight excluding hydrogens is 421 g/mol. The fourth-order valence-electron chi connectivity index (χ4n) is 3.44. The van der Waals surface area contributed by atoms with Gasteiger partial charge in [0.25, 0.3) is 5.91 Å². The van der Waals surface area contributed by atoms with Gasteiger partial charge in [-0.3, -0.25) is 4.79 Å². The Balaban J connectivity index is 1.74. The van der Waals surface area contributed by atoms with Crippen LogP contribution in [-0.4, -0.2) is 32.5 Å². The standard InChI is InChI=1S/C22H26FN3O4S/c1-2-12-25-31(28,29)20-14-17(10-11-18(20)23)22(27)26-21-19(9-6-13-24-21)30-15-16-7-4-3-5-8-16/h2,6,9-11,13-14,16,25H,1,3-5,7-8,12,15H2,(H,24,26,27). The van der Waals surface area contributed by atoms with Gasteiger partial charge in [-0.2, -0.15) is 0 Å². The zero-order valence-corrected chi connectivity index (χ0v) is 18.0. The number of ether oxygens (including phenoxy) is 1. The molecular formula is C22H26FN3O4S. The molecule has 1 heterocycles. The van der Waals surface area contributed by atoms with Crippen molar-refractivity contribution >= 4 is 21.7 Å². The van der Waals surface area contributed by atoms with Crippen LogP contribution in [0.4, 0.5) is 10.2 Å². The van der Waals surface area contributed by atoms with Crippen molar-refractivity contribution in [3.05, 3.63) is 60.6 Å². The molecule has 1 aromatic heterocycles. The van der Waals surface area contributed by atoms with Gasteiger partial charge >= 0.3 is 0 Å². The molecule has 1 saturated carbocycles. The lowest BCUT2D eigenvalue weighted by Crippen LogP contribution is -2.25. The number of sulfonamides is 1. The maximum absolute atomic E-state index is 14.1. The number of carbonyl (C=O) groups excluding carboxylic acids is 1. The number of pyridine rings is 1. The minimum absolute atomic E-state index is 0.0238. The highest BCUT2D eigenvalue weighted by Crippen LogP contribution is 2.27. The molecule has 1 amide bonds. The van der Waals surface area contributed by atoms with Crippen molar-refractivity contribution in [1.82, 2.24) is 9.71 Å². The molecule has 1 fully saturated rings. The molecule has 0 radical (unpaired) electrons. The summed E-state index contributed by atoms with van der Waals surface area (Å²) in [5.74, 6) is -0.444. The smallest absolute Gasteiger partial charge is 0.256 e. The van der Waals surface area contributed by atoms with Gasteiger partial charge in [0.15, 0.2) is 11.6 Å². The van der Waals surface area contributed by atoms with E-state index >= 15 is 0 Å². The molecule has 1 aromatic carbocycles. The van der Waals surface area contributed by atoms with Crippen LogP contribution in [0.3, 0.4) is 0 Å². The Morgan fingerprint density at radius 1 is 1.26 bits per heavy atom. The van der Waals surface area contributed by atoms with Crippen molar-refractivity contribution in [2.45, 2.75) is 37.0 Å². The van der Waals surface area contributed by atoms with Crippen LogP contribution in [0.2, 0.25) is 0 Å². The van der Waals surface area contributed by atoms with E-state index in [1.54, 1.807) is 12.1 Å². The molecule has 31 heavy (non-hydrogen) atoms. The van der Waals surface area contributed by atoms with Crippen LogP contribution in [0.5, 0.6) is 5.75 Å². The first-order valence-corrected chi connectivity index (χ1v) is 11.7. The van der Waals surface area contributed by atoms with E-state index in [1.165, 1.54) is 37.6 Å². The van der Waals surface area contributed by atoms with Gasteiger partial charge < -0.3 is 10.1 Å². The van der Waals surface area contributed by atoms with Gasteiger partial charge in [-0.1, -0.05) is 25.3 Å². The molecule has 0 spiro atoms. The van der Waals surface area contributed by atoms with Gasteiger partial charge in [0.05, 0.1) is 6.61 Å². The molecule has 1 aliphatic rings. The van der Waals surface area contributed by atoms with Crippen molar-refractivity contribution in [3.63, 3.8) is 0 Å². The summed E-state index contributed by atoms with van der Waals surface area (Å²) in [6.45, 7) is 3.90. The summed E-state index contributed by atoms with van der Waals surface area (Å²) in [5.41, 5.74) is -0.0238. The highest BCUT2D eigenvalue weighted by Gasteiger charge is 2.21. The molecule has 2 aromatic rings. The second-order valence-electron chi connectivity index (χ2n) is 7.41. The van der Waals surface area contributed by atoms with Crippen LogP contribution in [0.25, 0.3) is 0 Å². The van der Waals surface area contributed by atoms with Crippen molar-refractivity contribution in [2.24, 2.45) is 5.92 Å². The van der Waals surface area contributed by atoms with E-state index in [0.717, 1.165) is 25.0 Å². The van der Waals surface area contributed by atoms with Crippen LogP contribution in [-0.2, 0) is 10.0 Å².